The van der Waals surface area contributed by atoms with Crippen LogP contribution in [0.5, 0.6) is 0 Å². The van der Waals surface area contributed by atoms with E-state index in [1.807, 2.05) is 18.2 Å². The van der Waals surface area contributed by atoms with Crippen molar-refractivity contribution in [2.24, 2.45) is 5.92 Å². The van der Waals surface area contributed by atoms with Crippen molar-refractivity contribution in [2.45, 2.75) is 45.2 Å². The fourth-order valence-electron chi connectivity index (χ4n) is 3.05. The van der Waals surface area contributed by atoms with E-state index in [-0.39, 0.29) is 0 Å². The Labute approximate surface area is 115 Å². The number of hydrogen-bond acceptors (Lipinski definition) is 2. The number of nitrogens with zero attached hydrogens (tertiary/aromatic N) is 1. The maximum Gasteiger partial charge on any atom is 0.0452 e. The van der Waals surface area contributed by atoms with Crippen molar-refractivity contribution in [1.29, 1.82) is 0 Å². The third kappa shape index (κ3) is 3.18. The zero-order chi connectivity index (χ0) is 13.1. The molecule has 2 unspecified atom stereocenters. The van der Waals surface area contributed by atoms with Crippen molar-refractivity contribution >= 4 is 17.3 Å². The molecule has 0 aromatic heterocycles. The van der Waals surface area contributed by atoms with E-state index in [0.29, 0.717) is 6.04 Å². The number of rotatable bonds is 3. The van der Waals surface area contributed by atoms with Gasteiger partial charge < -0.3 is 5.73 Å². The Balaban J connectivity index is 2.05. The van der Waals surface area contributed by atoms with Crippen molar-refractivity contribution in [3.05, 3.63) is 28.8 Å². The summed E-state index contributed by atoms with van der Waals surface area (Å²) in [6.07, 6.45) is 5.38. The van der Waals surface area contributed by atoms with Crippen molar-refractivity contribution in [3.8, 4) is 0 Å². The first-order valence-electron chi connectivity index (χ1n) is 6.82. The van der Waals surface area contributed by atoms with Gasteiger partial charge in [-0.3, -0.25) is 4.90 Å². The van der Waals surface area contributed by atoms with Gasteiger partial charge >= 0.3 is 0 Å². The van der Waals surface area contributed by atoms with Crippen molar-refractivity contribution in [2.75, 3.05) is 12.8 Å². The van der Waals surface area contributed by atoms with Gasteiger partial charge in [0.25, 0.3) is 0 Å². The first-order valence-corrected chi connectivity index (χ1v) is 7.20. The Morgan fingerprint density at radius 1 is 1.33 bits per heavy atom. The summed E-state index contributed by atoms with van der Waals surface area (Å²) in [7, 11) is 2.20. The Hall–Kier alpha value is -0.730. The molecule has 0 radical (unpaired) electrons. The number of benzene rings is 1. The number of nitrogens with two attached hydrogens (primary N) is 1. The van der Waals surface area contributed by atoms with Crippen LogP contribution in [0.3, 0.4) is 0 Å². The van der Waals surface area contributed by atoms with Crippen molar-refractivity contribution in [3.63, 3.8) is 0 Å². The second kappa shape index (κ2) is 5.94. The first-order chi connectivity index (χ1) is 8.58. The summed E-state index contributed by atoms with van der Waals surface area (Å²) >= 11 is 6.23. The van der Waals surface area contributed by atoms with Crippen LogP contribution in [-0.4, -0.2) is 18.0 Å². The highest BCUT2D eigenvalue weighted by Crippen LogP contribution is 2.29. The predicted octanol–water partition coefficient (Wildman–Crippen LogP) is 3.93. The summed E-state index contributed by atoms with van der Waals surface area (Å²) in [5.74, 6) is 0.781. The number of anilines is 1. The summed E-state index contributed by atoms with van der Waals surface area (Å²) < 4.78 is 0. The van der Waals surface area contributed by atoms with Gasteiger partial charge in [-0.05, 0) is 49.6 Å². The Morgan fingerprint density at radius 3 is 2.78 bits per heavy atom. The number of hydrogen-bond donors (Lipinski definition) is 1. The molecule has 3 heteroatoms. The van der Waals surface area contributed by atoms with E-state index in [0.717, 1.165) is 28.7 Å². The van der Waals surface area contributed by atoms with Gasteiger partial charge in [-0.2, -0.15) is 0 Å². The fraction of sp³-hybridized carbons (Fsp3) is 0.600. The minimum Gasteiger partial charge on any atom is -0.399 e. The average molecular weight is 267 g/mol. The summed E-state index contributed by atoms with van der Waals surface area (Å²) in [4.78, 5) is 2.44. The van der Waals surface area contributed by atoms with Gasteiger partial charge in [0.2, 0.25) is 0 Å². The van der Waals surface area contributed by atoms with Gasteiger partial charge in [-0.1, -0.05) is 31.4 Å². The minimum absolute atomic E-state index is 0.677. The smallest absolute Gasteiger partial charge is 0.0452 e. The molecule has 0 saturated heterocycles. The number of nitrogen functional groups attached to an aromatic ring is 1. The molecule has 0 heterocycles. The Morgan fingerprint density at radius 2 is 2.06 bits per heavy atom. The molecule has 1 aliphatic rings. The Bertz CT molecular complexity index is 405. The zero-order valence-corrected chi connectivity index (χ0v) is 12.1. The molecule has 1 aromatic rings. The van der Waals surface area contributed by atoms with E-state index in [2.05, 4.69) is 18.9 Å². The summed E-state index contributed by atoms with van der Waals surface area (Å²) in [6.45, 7) is 3.25. The summed E-state index contributed by atoms with van der Waals surface area (Å²) in [5, 5.41) is 0.819. The molecule has 2 N–H and O–H groups in total. The lowest BCUT2D eigenvalue weighted by molar-refractivity contribution is 0.133. The number of halogens is 1. The lowest BCUT2D eigenvalue weighted by Crippen LogP contribution is -2.38. The SMILES string of the molecule is CC1CCCCC1N(C)Cc1cc(N)ccc1Cl. The van der Waals surface area contributed by atoms with Crippen LogP contribution in [0.4, 0.5) is 5.69 Å². The summed E-state index contributed by atoms with van der Waals surface area (Å²) in [6, 6.07) is 6.42. The highest BCUT2D eigenvalue weighted by molar-refractivity contribution is 6.31. The lowest BCUT2D eigenvalue weighted by Gasteiger charge is -2.36. The van der Waals surface area contributed by atoms with Gasteiger partial charge in [0.1, 0.15) is 0 Å². The molecule has 2 atom stereocenters. The molecule has 0 aliphatic heterocycles. The van der Waals surface area contributed by atoms with Gasteiger partial charge in [-0.25, -0.2) is 0 Å². The van der Waals surface area contributed by atoms with E-state index in [1.165, 1.54) is 25.7 Å². The van der Waals surface area contributed by atoms with Crippen LogP contribution in [0.15, 0.2) is 18.2 Å². The van der Waals surface area contributed by atoms with E-state index in [9.17, 15) is 0 Å². The highest BCUT2D eigenvalue weighted by Gasteiger charge is 2.25. The summed E-state index contributed by atoms with van der Waals surface area (Å²) in [5.41, 5.74) is 7.76. The van der Waals surface area contributed by atoms with E-state index in [4.69, 9.17) is 17.3 Å². The van der Waals surface area contributed by atoms with Crippen LogP contribution < -0.4 is 5.73 Å². The van der Waals surface area contributed by atoms with Crippen LogP contribution in [0.1, 0.15) is 38.2 Å². The van der Waals surface area contributed by atoms with Crippen molar-refractivity contribution < 1.29 is 0 Å². The molecular weight excluding hydrogens is 244 g/mol. The van der Waals surface area contributed by atoms with Crippen LogP contribution in [0, 0.1) is 5.92 Å². The van der Waals surface area contributed by atoms with Crippen LogP contribution in [-0.2, 0) is 6.54 Å². The third-order valence-electron chi connectivity index (χ3n) is 4.12. The average Bonchev–Trinajstić information content (AvgIpc) is 2.34. The third-order valence-corrected chi connectivity index (χ3v) is 4.49. The molecule has 100 valence electrons. The predicted molar refractivity (Wildman–Crippen MR) is 78.8 cm³/mol. The molecule has 0 amide bonds. The van der Waals surface area contributed by atoms with Crippen molar-refractivity contribution in [1.82, 2.24) is 4.90 Å². The first kappa shape index (κ1) is 13.7. The quantitative estimate of drug-likeness (QED) is 0.840. The Kier molecular flexibility index (Phi) is 4.52. The molecular formula is C15H23ClN2. The molecule has 2 rings (SSSR count). The highest BCUT2D eigenvalue weighted by atomic mass is 35.5. The van der Waals surface area contributed by atoms with Gasteiger partial charge in [0.05, 0.1) is 0 Å². The van der Waals surface area contributed by atoms with Gasteiger partial charge in [0.15, 0.2) is 0 Å². The topological polar surface area (TPSA) is 29.3 Å². The maximum absolute atomic E-state index is 6.23. The van der Waals surface area contributed by atoms with Crippen LogP contribution in [0.2, 0.25) is 5.02 Å². The minimum atomic E-state index is 0.677. The molecule has 0 spiro atoms. The zero-order valence-electron chi connectivity index (χ0n) is 11.3. The van der Waals surface area contributed by atoms with Gasteiger partial charge in [-0.15, -0.1) is 0 Å². The largest absolute Gasteiger partial charge is 0.399 e. The normalized spacial score (nSPS) is 24.4. The van der Waals surface area contributed by atoms with Crippen LogP contribution in [0.25, 0.3) is 0 Å². The van der Waals surface area contributed by atoms with E-state index in [1.54, 1.807) is 0 Å². The maximum atomic E-state index is 6.23. The fourth-order valence-corrected chi connectivity index (χ4v) is 3.23. The monoisotopic (exact) mass is 266 g/mol. The van der Waals surface area contributed by atoms with Crippen LogP contribution >= 0.6 is 11.6 Å². The lowest BCUT2D eigenvalue weighted by atomic mass is 9.85. The molecule has 1 fully saturated rings. The molecule has 1 aliphatic carbocycles. The molecule has 0 bridgehead atoms. The van der Waals surface area contributed by atoms with E-state index < -0.39 is 0 Å². The standard InChI is InChI=1S/C15H23ClN2/c1-11-5-3-4-6-15(11)18(2)10-12-9-13(17)7-8-14(12)16/h7-9,11,15H,3-6,10,17H2,1-2H3. The molecule has 2 nitrogen and oxygen atoms in total. The van der Waals surface area contributed by atoms with Gasteiger partial charge in [0, 0.05) is 23.3 Å². The molecule has 18 heavy (non-hydrogen) atoms. The van der Waals surface area contributed by atoms with E-state index >= 15 is 0 Å². The molecule has 1 aromatic carbocycles. The second-order valence-corrected chi connectivity index (χ2v) is 6.00. The molecule has 1 saturated carbocycles. The second-order valence-electron chi connectivity index (χ2n) is 5.60.